The van der Waals surface area contributed by atoms with Crippen LogP contribution in [0.15, 0.2) is 24.3 Å². The molecule has 2 N–H and O–H groups in total. The Bertz CT molecular complexity index is 423. The molecule has 2 rings (SSSR count). The first kappa shape index (κ1) is 16.4. The monoisotopic (exact) mass is 292 g/mol. The van der Waals surface area contributed by atoms with Gasteiger partial charge in [-0.3, -0.25) is 4.90 Å². The van der Waals surface area contributed by atoms with Crippen LogP contribution >= 0.6 is 0 Å². The fourth-order valence-corrected chi connectivity index (χ4v) is 3.17. The summed E-state index contributed by atoms with van der Waals surface area (Å²) in [4.78, 5) is 2.40. The number of hydrogen-bond acceptors (Lipinski definition) is 4. The summed E-state index contributed by atoms with van der Waals surface area (Å²) in [7, 11) is 3.50. The smallest absolute Gasteiger partial charge is 0.0972 e. The van der Waals surface area contributed by atoms with Crippen LogP contribution in [0, 0.1) is 6.92 Å². The molecule has 1 aliphatic rings. The molecule has 1 saturated heterocycles. The van der Waals surface area contributed by atoms with Gasteiger partial charge in [-0.1, -0.05) is 36.8 Å². The van der Waals surface area contributed by atoms with Crippen LogP contribution in [0.1, 0.15) is 30.5 Å². The fourth-order valence-electron chi connectivity index (χ4n) is 3.17. The van der Waals surface area contributed by atoms with Crippen molar-refractivity contribution in [2.75, 3.05) is 27.3 Å². The maximum atomic E-state index is 6.42. The molecular weight excluding hydrogens is 264 g/mol. The molecule has 4 unspecified atom stereocenters. The van der Waals surface area contributed by atoms with Crippen molar-refractivity contribution >= 4 is 0 Å². The molecule has 1 heterocycles. The summed E-state index contributed by atoms with van der Waals surface area (Å²) >= 11 is 0. The van der Waals surface area contributed by atoms with Gasteiger partial charge in [0, 0.05) is 33.4 Å². The number of ether oxygens (including phenoxy) is 2. The molecule has 0 aromatic heterocycles. The van der Waals surface area contributed by atoms with Gasteiger partial charge in [-0.15, -0.1) is 0 Å². The molecule has 0 aliphatic carbocycles. The van der Waals surface area contributed by atoms with Gasteiger partial charge in [0.15, 0.2) is 0 Å². The number of nitrogens with two attached hydrogens (primary N) is 1. The second-order valence-corrected chi connectivity index (χ2v) is 5.93. The zero-order valence-corrected chi connectivity index (χ0v) is 13.6. The highest BCUT2D eigenvalue weighted by Crippen LogP contribution is 2.30. The van der Waals surface area contributed by atoms with E-state index >= 15 is 0 Å². The van der Waals surface area contributed by atoms with Crippen molar-refractivity contribution < 1.29 is 9.47 Å². The third kappa shape index (κ3) is 3.64. The Morgan fingerprint density at radius 1 is 1.14 bits per heavy atom. The van der Waals surface area contributed by atoms with E-state index in [1.54, 1.807) is 14.2 Å². The van der Waals surface area contributed by atoms with Crippen LogP contribution in [-0.4, -0.2) is 50.5 Å². The van der Waals surface area contributed by atoms with Crippen molar-refractivity contribution in [3.8, 4) is 0 Å². The second-order valence-electron chi connectivity index (χ2n) is 5.93. The summed E-state index contributed by atoms with van der Waals surface area (Å²) < 4.78 is 11.1. The lowest BCUT2D eigenvalue weighted by Crippen LogP contribution is -2.40. The molecule has 118 valence electrons. The van der Waals surface area contributed by atoms with Gasteiger partial charge < -0.3 is 15.2 Å². The first-order valence-electron chi connectivity index (χ1n) is 7.72. The molecule has 0 bridgehead atoms. The van der Waals surface area contributed by atoms with E-state index in [2.05, 4.69) is 43.0 Å². The quantitative estimate of drug-likeness (QED) is 0.872. The normalized spacial score (nSPS) is 26.0. The van der Waals surface area contributed by atoms with E-state index in [1.165, 1.54) is 11.1 Å². The largest absolute Gasteiger partial charge is 0.377 e. The van der Waals surface area contributed by atoms with Crippen molar-refractivity contribution in [3.05, 3.63) is 35.4 Å². The fraction of sp³-hybridized carbons (Fsp3) is 0.647. The molecular formula is C17H28N2O2. The van der Waals surface area contributed by atoms with Crippen LogP contribution in [0.3, 0.4) is 0 Å². The van der Waals surface area contributed by atoms with E-state index in [0.717, 1.165) is 19.5 Å². The first-order chi connectivity index (χ1) is 10.1. The molecule has 0 saturated carbocycles. The Morgan fingerprint density at radius 2 is 1.67 bits per heavy atom. The van der Waals surface area contributed by atoms with Gasteiger partial charge in [-0.2, -0.15) is 0 Å². The molecule has 21 heavy (non-hydrogen) atoms. The Balaban J connectivity index is 2.23. The van der Waals surface area contributed by atoms with E-state index in [1.807, 2.05) is 0 Å². The molecule has 1 aromatic rings. The van der Waals surface area contributed by atoms with Crippen LogP contribution < -0.4 is 5.73 Å². The highest BCUT2D eigenvalue weighted by Gasteiger charge is 2.38. The van der Waals surface area contributed by atoms with Crippen LogP contribution in [-0.2, 0) is 9.47 Å². The van der Waals surface area contributed by atoms with Crippen LogP contribution in [0.25, 0.3) is 0 Å². The van der Waals surface area contributed by atoms with Crippen molar-refractivity contribution in [3.63, 3.8) is 0 Å². The summed E-state index contributed by atoms with van der Waals surface area (Å²) in [5, 5.41) is 0. The van der Waals surface area contributed by atoms with Crippen LogP contribution in [0.5, 0.6) is 0 Å². The van der Waals surface area contributed by atoms with Crippen LogP contribution in [0.2, 0.25) is 0 Å². The lowest BCUT2D eigenvalue weighted by atomic mass is 9.96. The molecule has 1 aromatic carbocycles. The predicted octanol–water partition coefficient (Wildman–Crippen LogP) is 2.12. The summed E-state index contributed by atoms with van der Waals surface area (Å²) in [6.07, 6.45) is 1.18. The van der Waals surface area contributed by atoms with Gasteiger partial charge in [-0.05, 0) is 18.9 Å². The maximum absolute atomic E-state index is 6.42. The standard InChI is InChI=1S/C17H28N2O2/c1-5-14(18)17(13-8-6-12(2)7-9-13)19-10-15(20-3)16(11-19)21-4/h6-9,14-17H,5,10-11,18H2,1-4H3. The second kappa shape index (κ2) is 7.36. The van der Waals surface area contributed by atoms with Gasteiger partial charge in [0.05, 0.1) is 18.2 Å². The SMILES string of the molecule is CCC(N)C(c1ccc(C)cc1)N1CC(OC)C(OC)C1. The van der Waals surface area contributed by atoms with Crippen molar-refractivity contribution in [1.29, 1.82) is 0 Å². The third-order valence-corrected chi connectivity index (χ3v) is 4.54. The average Bonchev–Trinajstić information content (AvgIpc) is 2.92. The number of rotatable bonds is 6. The van der Waals surface area contributed by atoms with E-state index < -0.39 is 0 Å². The van der Waals surface area contributed by atoms with E-state index in [9.17, 15) is 0 Å². The van der Waals surface area contributed by atoms with Gasteiger partial charge >= 0.3 is 0 Å². The third-order valence-electron chi connectivity index (χ3n) is 4.54. The number of nitrogens with zero attached hydrogens (tertiary/aromatic N) is 1. The lowest BCUT2D eigenvalue weighted by molar-refractivity contribution is -0.00461. The average molecular weight is 292 g/mol. The molecule has 4 nitrogen and oxygen atoms in total. The van der Waals surface area contributed by atoms with E-state index in [0.29, 0.717) is 0 Å². The summed E-state index contributed by atoms with van der Waals surface area (Å²) in [6.45, 7) is 5.97. The van der Waals surface area contributed by atoms with Gasteiger partial charge in [0.1, 0.15) is 0 Å². The lowest BCUT2D eigenvalue weighted by Gasteiger charge is -2.32. The Kier molecular flexibility index (Phi) is 5.76. The Labute approximate surface area is 128 Å². The van der Waals surface area contributed by atoms with Gasteiger partial charge in [0.25, 0.3) is 0 Å². The minimum atomic E-state index is 0.112. The minimum absolute atomic E-state index is 0.112. The summed E-state index contributed by atoms with van der Waals surface area (Å²) in [6, 6.07) is 9.02. The zero-order valence-electron chi connectivity index (χ0n) is 13.6. The molecule has 0 amide bonds. The summed E-state index contributed by atoms with van der Waals surface area (Å²) in [5.41, 5.74) is 8.97. The van der Waals surface area contributed by atoms with Crippen LogP contribution in [0.4, 0.5) is 0 Å². The highest BCUT2D eigenvalue weighted by atomic mass is 16.5. The first-order valence-corrected chi connectivity index (χ1v) is 7.72. The number of methoxy groups -OCH3 is 2. The maximum Gasteiger partial charge on any atom is 0.0972 e. The number of likely N-dealkylation sites (tertiary alicyclic amines) is 1. The molecule has 0 radical (unpaired) electrons. The van der Waals surface area contributed by atoms with Gasteiger partial charge in [-0.25, -0.2) is 0 Å². The Morgan fingerprint density at radius 3 is 2.10 bits per heavy atom. The number of benzene rings is 1. The zero-order chi connectivity index (χ0) is 15.4. The molecule has 1 aliphatic heterocycles. The van der Waals surface area contributed by atoms with E-state index in [4.69, 9.17) is 15.2 Å². The summed E-state index contributed by atoms with van der Waals surface area (Å²) in [5.74, 6) is 0. The van der Waals surface area contributed by atoms with Gasteiger partial charge in [0.2, 0.25) is 0 Å². The van der Waals surface area contributed by atoms with Crippen molar-refractivity contribution in [1.82, 2.24) is 4.90 Å². The Hall–Kier alpha value is -0.940. The predicted molar refractivity (Wildman–Crippen MR) is 85.4 cm³/mol. The molecule has 4 atom stereocenters. The number of hydrogen-bond donors (Lipinski definition) is 1. The van der Waals surface area contributed by atoms with Crippen molar-refractivity contribution in [2.45, 2.75) is 44.6 Å². The topological polar surface area (TPSA) is 47.7 Å². The van der Waals surface area contributed by atoms with Crippen molar-refractivity contribution in [2.24, 2.45) is 5.73 Å². The minimum Gasteiger partial charge on any atom is -0.377 e. The number of aryl methyl sites for hydroxylation is 1. The highest BCUT2D eigenvalue weighted by molar-refractivity contribution is 5.26. The van der Waals surface area contributed by atoms with E-state index in [-0.39, 0.29) is 24.3 Å². The molecule has 0 spiro atoms. The molecule has 1 fully saturated rings. The molecule has 4 heteroatoms.